The third kappa shape index (κ3) is 4.30. The molecule has 0 spiro atoms. The molecule has 0 heterocycles. The fraction of sp³-hybridized carbons (Fsp3) is 0.333. The third-order valence-electron chi connectivity index (χ3n) is 1.90. The molecule has 0 fully saturated rings. The van der Waals surface area contributed by atoms with Gasteiger partial charge in [0.15, 0.2) is 0 Å². The number of aryl methyl sites for hydroxylation is 1. The average Bonchev–Trinajstić information content (AvgIpc) is 2.13. The van der Waals surface area contributed by atoms with Gasteiger partial charge >= 0.3 is 12.5 Å². The van der Waals surface area contributed by atoms with Crippen LogP contribution in [0, 0.1) is 6.92 Å². The highest BCUT2D eigenvalue weighted by atomic mass is 35.5. The van der Waals surface area contributed by atoms with E-state index < -0.39 is 18.3 Å². The minimum atomic E-state index is -4.57. The zero-order chi connectivity index (χ0) is 12.5. The Balaban J connectivity index is 0. The Labute approximate surface area is 113 Å². The van der Waals surface area contributed by atoms with Crippen LogP contribution in [-0.4, -0.2) is 12.5 Å². The van der Waals surface area contributed by atoms with Gasteiger partial charge in [-0.2, -0.15) is 17.6 Å². The summed E-state index contributed by atoms with van der Waals surface area (Å²) in [5.41, 5.74) is 11.2. The Kier molecular flexibility index (Phi) is 7.22. The van der Waals surface area contributed by atoms with Gasteiger partial charge in [-0.25, -0.2) is 0 Å². The van der Waals surface area contributed by atoms with Gasteiger partial charge in [-0.05, 0) is 24.6 Å². The lowest BCUT2D eigenvalue weighted by atomic mass is 10.1. The van der Waals surface area contributed by atoms with Crippen LogP contribution >= 0.6 is 24.8 Å². The van der Waals surface area contributed by atoms with Crippen LogP contribution in [0.1, 0.15) is 5.56 Å². The number of hydrogen-bond donors (Lipinski definition) is 2. The van der Waals surface area contributed by atoms with Gasteiger partial charge in [0.05, 0.1) is 5.69 Å². The van der Waals surface area contributed by atoms with Crippen molar-refractivity contribution in [3.8, 4) is 5.75 Å². The Morgan fingerprint density at radius 1 is 1.11 bits per heavy atom. The largest absolute Gasteiger partial charge is 0.461 e. The van der Waals surface area contributed by atoms with Crippen LogP contribution in [-0.2, 0) is 0 Å². The van der Waals surface area contributed by atoms with Crippen LogP contribution in [0.5, 0.6) is 5.75 Å². The maximum absolute atomic E-state index is 12.6. The van der Waals surface area contributed by atoms with E-state index in [9.17, 15) is 17.6 Å². The summed E-state index contributed by atoms with van der Waals surface area (Å²) in [5, 5.41) is 0. The summed E-state index contributed by atoms with van der Waals surface area (Å²) >= 11 is 0. The highest BCUT2D eigenvalue weighted by Crippen LogP contribution is 2.33. The highest BCUT2D eigenvalue weighted by Gasteiger charge is 2.44. The summed E-state index contributed by atoms with van der Waals surface area (Å²) in [6.07, 6.45) is -8.50. The number of anilines is 2. The standard InChI is InChI=1S/C9H10F4N2O.2ClH/c1-4-2-7(6(15)3-5(4)14)16-9(12,13)8(10)11;;/h2-3,8H,14-15H2,1H3;2*1H. The fourth-order valence-corrected chi connectivity index (χ4v) is 0.995. The van der Waals surface area contributed by atoms with E-state index in [1.54, 1.807) is 0 Å². The molecule has 0 aliphatic heterocycles. The summed E-state index contributed by atoms with van der Waals surface area (Å²) in [6.45, 7) is 1.52. The monoisotopic (exact) mass is 310 g/mol. The maximum Gasteiger partial charge on any atom is 0.461 e. The molecule has 1 rings (SSSR count). The van der Waals surface area contributed by atoms with Crippen LogP contribution < -0.4 is 16.2 Å². The second-order valence-corrected chi connectivity index (χ2v) is 3.21. The van der Waals surface area contributed by atoms with Crippen LogP contribution in [0.2, 0.25) is 0 Å². The molecule has 106 valence electrons. The van der Waals surface area contributed by atoms with E-state index >= 15 is 0 Å². The SMILES string of the molecule is Cc1cc(OC(F)(F)C(F)F)c(N)cc1N.Cl.Cl. The van der Waals surface area contributed by atoms with E-state index in [1.807, 2.05) is 0 Å². The number of ether oxygens (including phenoxy) is 1. The summed E-state index contributed by atoms with van der Waals surface area (Å²) in [6, 6.07) is 2.26. The predicted octanol–water partition coefficient (Wildman–Crippen LogP) is 3.24. The number of benzene rings is 1. The van der Waals surface area contributed by atoms with Gasteiger partial charge < -0.3 is 16.2 Å². The van der Waals surface area contributed by atoms with Crippen molar-refractivity contribution < 1.29 is 22.3 Å². The van der Waals surface area contributed by atoms with Crippen LogP contribution in [0.25, 0.3) is 0 Å². The number of hydrogen-bond acceptors (Lipinski definition) is 3. The first-order valence-corrected chi connectivity index (χ1v) is 4.24. The normalized spacial score (nSPS) is 10.6. The summed E-state index contributed by atoms with van der Waals surface area (Å²) in [4.78, 5) is 0. The fourth-order valence-electron chi connectivity index (χ4n) is 0.995. The molecule has 1 aromatic rings. The predicted molar refractivity (Wildman–Crippen MR) is 66.1 cm³/mol. The smallest absolute Gasteiger partial charge is 0.426 e. The molecule has 0 saturated carbocycles. The molecule has 4 N–H and O–H groups in total. The zero-order valence-electron chi connectivity index (χ0n) is 9.12. The Morgan fingerprint density at radius 3 is 2.06 bits per heavy atom. The molecular formula is C9H12Cl2F4N2O. The van der Waals surface area contributed by atoms with E-state index in [1.165, 1.54) is 13.0 Å². The van der Waals surface area contributed by atoms with Crippen molar-refractivity contribution in [2.24, 2.45) is 0 Å². The van der Waals surface area contributed by atoms with E-state index in [0.717, 1.165) is 6.07 Å². The molecule has 0 atom stereocenters. The minimum Gasteiger partial charge on any atom is -0.426 e. The Bertz CT molecular complexity index is 404. The molecule has 0 unspecified atom stereocenters. The summed E-state index contributed by atoms with van der Waals surface area (Å²) in [7, 11) is 0. The maximum atomic E-state index is 12.6. The second kappa shape index (κ2) is 6.75. The van der Waals surface area contributed by atoms with Gasteiger partial charge in [0.25, 0.3) is 0 Å². The molecule has 0 aliphatic carbocycles. The van der Waals surface area contributed by atoms with Gasteiger partial charge in [0, 0.05) is 5.69 Å². The lowest BCUT2D eigenvalue weighted by Crippen LogP contribution is -2.33. The summed E-state index contributed by atoms with van der Waals surface area (Å²) < 4.78 is 52.8. The molecule has 0 radical (unpaired) electrons. The second-order valence-electron chi connectivity index (χ2n) is 3.21. The molecular weight excluding hydrogens is 299 g/mol. The van der Waals surface area contributed by atoms with Crippen molar-refractivity contribution in [3.63, 3.8) is 0 Å². The first-order chi connectivity index (χ1) is 7.24. The van der Waals surface area contributed by atoms with Gasteiger partial charge in [0.2, 0.25) is 0 Å². The van der Waals surface area contributed by atoms with Crippen LogP contribution in [0.4, 0.5) is 28.9 Å². The molecule has 3 nitrogen and oxygen atoms in total. The average molecular weight is 311 g/mol. The number of rotatable bonds is 3. The lowest BCUT2D eigenvalue weighted by molar-refractivity contribution is -0.252. The molecule has 9 heteroatoms. The van der Waals surface area contributed by atoms with Gasteiger partial charge in [-0.1, -0.05) is 0 Å². The lowest BCUT2D eigenvalue weighted by Gasteiger charge is -2.18. The molecule has 0 aliphatic rings. The Morgan fingerprint density at radius 2 is 1.61 bits per heavy atom. The van der Waals surface area contributed by atoms with E-state index in [4.69, 9.17) is 11.5 Å². The van der Waals surface area contributed by atoms with Crippen molar-refractivity contribution in [1.29, 1.82) is 0 Å². The minimum absolute atomic E-state index is 0. The van der Waals surface area contributed by atoms with Crippen molar-refractivity contribution in [2.45, 2.75) is 19.5 Å². The molecule has 0 amide bonds. The molecule has 1 aromatic carbocycles. The van der Waals surface area contributed by atoms with Crippen molar-refractivity contribution in [2.75, 3.05) is 11.5 Å². The van der Waals surface area contributed by atoms with E-state index in [2.05, 4.69) is 4.74 Å². The first-order valence-electron chi connectivity index (χ1n) is 4.24. The molecule has 18 heavy (non-hydrogen) atoms. The highest BCUT2D eigenvalue weighted by molar-refractivity contribution is 5.85. The van der Waals surface area contributed by atoms with E-state index in [-0.39, 0.29) is 36.2 Å². The van der Waals surface area contributed by atoms with Crippen molar-refractivity contribution in [1.82, 2.24) is 0 Å². The van der Waals surface area contributed by atoms with Crippen molar-refractivity contribution >= 4 is 36.2 Å². The van der Waals surface area contributed by atoms with Crippen molar-refractivity contribution in [3.05, 3.63) is 17.7 Å². The summed E-state index contributed by atoms with van der Waals surface area (Å²) in [5.74, 6) is -0.517. The third-order valence-corrected chi connectivity index (χ3v) is 1.90. The number of nitrogens with two attached hydrogens (primary N) is 2. The number of halogens is 6. The molecule has 0 saturated heterocycles. The zero-order valence-corrected chi connectivity index (χ0v) is 10.8. The van der Waals surface area contributed by atoms with Crippen LogP contribution in [0.3, 0.4) is 0 Å². The topological polar surface area (TPSA) is 61.3 Å². The number of nitrogen functional groups attached to an aromatic ring is 2. The number of alkyl halides is 4. The van der Waals surface area contributed by atoms with Crippen LogP contribution in [0.15, 0.2) is 12.1 Å². The van der Waals surface area contributed by atoms with E-state index in [0.29, 0.717) is 5.56 Å². The van der Waals surface area contributed by atoms with Gasteiger partial charge in [-0.15, -0.1) is 24.8 Å². The quantitative estimate of drug-likeness (QED) is 0.665. The molecule has 0 aromatic heterocycles. The van der Waals surface area contributed by atoms with Gasteiger partial charge in [0.1, 0.15) is 5.75 Å². The Hall–Kier alpha value is -1.08. The van der Waals surface area contributed by atoms with Gasteiger partial charge in [-0.3, -0.25) is 0 Å². The molecule has 0 bridgehead atoms. The first kappa shape index (κ1) is 19.3.